The fourth-order valence-corrected chi connectivity index (χ4v) is 2.33. The van der Waals surface area contributed by atoms with E-state index in [1.807, 2.05) is 0 Å². The Morgan fingerprint density at radius 2 is 1.92 bits per heavy atom. The standard InChI is InChI=1S/C16H17N3O5/c1-3-14(20)12(9-18-15(21)10-17(2)16(18)22)8-11-4-6-13(7-5-11)19(23)24/h4-8H,3,9-10H2,1-2H3/b12-8+. The summed E-state index contributed by atoms with van der Waals surface area (Å²) in [4.78, 5) is 48.4. The third kappa shape index (κ3) is 3.65. The van der Waals surface area contributed by atoms with Crippen LogP contribution in [0.1, 0.15) is 18.9 Å². The Balaban J connectivity index is 2.28. The summed E-state index contributed by atoms with van der Waals surface area (Å²) in [6.45, 7) is 1.57. The zero-order valence-electron chi connectivity index (χ0n) is 13.4. The lowest BCUT2D eigenvalue weighted by molar-refractivity contribution is -0.384. The van der Waals surface area contributed by atoms with E-state index in [9.17, 15) is 24.5 Å². The number of nitro benzene ring substituents is 1. The second-order valence-electron chi connectivity index (χ2n) is 5.41. The molecule has 0 N–H and O–H groups in total. The number of carbonyl (C=O) groups excluding carboxylic acids is 3. The normalized spacial score (nSPS) is 15.2. The fourth-order valence-electron chi connectivity index (χ4n) is 2.33. The number of Topliss-reactive ketones (excluding diaryl/α,β-unsaturated/α-hetero) is 1. The Morgan fingerprint density at radius 3 is 2.38 bits per heavy atom. The van der Waals surface area contributed by atoms with E-state index < -0.39 is 11.0 Å². The molecule has 0 bridgehead atoms. The molecular formula is C16H17N3O5. The van der Waals surface area contributed by atoms with Crippen LogP contribution < -0.4 is 0 Å². The van der Waals surface area contributed by atoms with Gasteiger partial charge in [-0.05, 0) is 23.8 Å². The van der Waals surface area contributed by atoms with E-state index in [1.165, 1.54) is 36.2 Å². The lowest BCUT2D eigenvalue weighted by atomic mass is 10.0. The molecule has 1 aromatic rings. The van der Waals surface area contributed by atoms with Gasteiger partial charge in [-0.15, -0.1) is 0 Å². The van der Waals surface area contributed by atoms with Gasteiger partial charge in [0.15, 0.2) is 5.78 Å². The third-order valence-electron chi connectivity index (χ3n) is 3.68. The molecule has 0 aromatic heterocycles. The van der Waals surface area contributed by atoms with E-state index >= 15 is 0 Å². The number of amides is 3. The first-order chi connectivity index (χ1) is 11.3. The Bertz CT molecular complexity index is 724. The van der Waals surface area contributed by atoms with Gasteiger partial charge >= 0.3 is 6.03 Å². The first-order valence-electron chi connectivity index (χ1n) is 7.37. The number of carbonyl (C=O) groups is 3. The Hall–Kier alpha value is -3.03. The molecule has 3 amide bonds. The van der Waals surface area contributed by atoms with Crippen LogP contribution in [-0.4, -0.2) is 52.6 Å². The van der Waals surface area contributed by atoms with Gasteiger partial charge in [-0.1, -0.05) is 6.92 Å². The van der Waals surface area contributed by atoms with Crippen molar-refractivity contribution >= 4 is 29.5 Å². The number of benzene rings is 1. The second kappa shape index (κ2) is 7.03. The number of nitrogens with zero attached hydrogens (tertiary/aromatic N) is 3. The summed E-state index contributed by atoms with van der Waals surface area (Å²) < 4.78 is 0. The molecule has 126 valence electrons. The molecular weight excluding hydrogens is 314 g/mol. The third-order valence-corrected chi connectivity index (χ3v) is 3.68. The molecule has 1 fully saturated rings. The van der Waals surface area contributed by atoms with Gasteiger partial charge in [0, 0.05) is 31.2 Å². The molecule has 0 radical (unpaired) electrons. The maximum absolute atomic E-state index is 12.1. The number of rotatable bonds is 6. The lowest BCUT2D eigenvalue weighted by Gasteiger charge is -2.15. The largest absolute Gasteiger partial charge is 0.327 e. The van der Waals surface area contributed by atoms with Crippen molar-refractivity contribution < 1.29 is 19.3 Å². The first-order valence-corrected chi connectivity index (χ1v) is 7.37. The zero-order valence-corrected chi connectivity index (χ0v) is 13.4. The number of ketones is 1. The molecule has 0 spiro atoms. The maximum Gasteiger partial charge on any atom is 0.327 e. The van der Waals surface area contributed by atoms with Crippen molar-refractivity contribution in [2.24, 2.45) is 0 Å². The highest BCUT2D eigenvalue weighted by atomic mass is 16.6. The number of non-ortho nitro benzene ring substituents is 1. The monoisotopic (exact) mass is 331 g/mol. The molecule has 8 heteroatoms. The molecule has 0 atom stereocenters. The van der Waals surface area contributed by atoms with Gasteiger partial charge in [0.2, 0.25) is 0 Å². The minimum absolute atomic E-state index is 0.00996. The van der Waals surface area contributed by atoms with Gasteiger partial charge < -0.3 is 4.90 Å². The molecule has 1 aliphatic heterocycles. The van der Waals surface area contributed by atoms with Crippen molar-refractivity contribution in [1.29, 1.82) is 0 Å². The zero-order chi connectivity index (χ0) is 17.9. The summed E-state index contributed by atoms with van der Waals surface area (Å²) in [7, 11) is 1.52. The van der Waals surface area contributed by atoms with Crippen LogP contribution >= 0.6 is 0 Å². The van der Waals surface area contributed by atoms with Crippen molar-refractivity contribution in [3.63, 3.8) is 0 Å². The van der Waals surface area contributed by atoms with Gasteiger partial charge in [-0.3, -0.25) is 24.6 Å². The van der Waals surface area contributed by atoms with Crippen LogP contribution in [0.4, 0.5) is 10.5 Å². The summed E-state index contributed by atoms with van der Waals surface area (Å²) in [5.41, 5.74) is 0.843. The molecule has 2 rings (SSSR count). The Kier molecular flexibility index (Phi) is 5.08. The van der Waals surface area contributed by atoms with Crippen LogP contribution in [0.15, 0.2) is 29.8 Å². The van der Waals surface area contributed by atoms with Gasteiger partial charge in [0.25, 0.3) is 11.6 Å². The van der Waals surface area contributed by atoms with Crippen molar-refractivity contribution in [1.82, 2.24) is 9.80 Å². The van der Waals surface area contributed by atoms with Crippen LogP contribution in [0.25, 0.3) is 6.08 Å². The summed E-state index contributed by atoms with van der Waals surface area (Å²) in [5, 5.41) is 10.7. The highest BCUT2D eigenvalue weighted by molar-refractivity contribution is 6.05. The van der Waals surface area contributed by atoms with Gasteiger partial charge in [-0.25, -0.2) is 4.79 Å². The van der Waals surface area contributed by atoms with E-state index in [1.54, 1.807) is 13.0 Å². The first kappa shape index (κ1) is 17.3. The molecule has 1 aromatic carbocycles. The number of hydrogen-bond acceptors (Lipinski definition) is 5. The predicted octanol–water partition coefficient (Wildman–Crippen LogP) is 1.85. The Labute approximate surface area is 138 Å². The van der Waals surface area contributed by atoms with Crippen LogP contribution in [0, 0.1) is 10.1 Å². The molecule has 1 heterocycles. The van der Waals surface area contributed by atoms with Crippen molar-refractivity contribution in [2.45, 2.75) is 13.3 Å². The smallest absolute Gasteiger partial charge is 0.318 e. The summed E-state index contributed by atoms with van der Waals surface area (Å²) in [6, 6.07) is 5.25. The summed E-state index contributed by atoms with van der Waals surface area (Å²) >= 11 is 0. The number of nitro groups is 1. The average Bonchev–Trinajstić information content (AvgIpc) is 2.80. The SMILES string of the molecule is CCC(=O)/C(=C/c1ccc([N+](=O)[O-])cc1)CN1C(=O)CN(C)C1=O. The van der Waals surface area contributed by atoms with E-state index in [4.69, 9.17) is 0 Å². The number of hydrogen-bond donors (Lipinski definition) is 0. The molecule has 1 saturated heterocycles. The van der Waals surface area contributed by atoms with Gasteiger partial charge in [0.1, 0.15) is 6.54 Å². The molecule has 0 saturated carbocycles. The van der Waals surface area contributed by atoms with E-state index in [-0.39, 0.29) is 36.9 Å². The van der Waals surface area contributed by atoms with Gasteiger partial charge in [0.05, 0.1) is 11.5 Å². The highest BCUT2D eigenvalue weighted by Gasteiger charge is 2.34. The average molecular weight is 331 g/mol. The fraction of sp³-hybridized carbons (Fsp3) is 0.312. The maximum atomic E-state index is 12.1. The van der Waals surface area contributed by atoms with Gasteiger partial charge in [-0.2, -0.15) is 0 Å². The van der Waals surface area contributed by atoms with Crippen LogP contribution in [0.3, 0.4) is 0 Å². The quantitative estimate of drug-likeness (QED) is 0.343. The minimum Gasteiger partial charge on any atom is -0.318 e. The molecule has 24 heavy (non-hydrogen) atoms. The van der Waals surface area contributed by atoms with Crippen molar-refractivity contribution in [2.75, 3.05) is 20.1 Å². The topological polar surface area (TPSA) is 101 Å². The lowest BCUT2D eigenvalue weighted by Crippen LogP contribution is -2.34. The number of imide groups is 1. The summed E-state index contributed by atoms with van der Waals surface area (Å²) in [6.07, 6.45) is 1.78. The molecule has 1 aliphatic rings. The summed E-state index contributed by atoms with van der Waals surface area (Å²) in [5.74, 6) is -0.551. The molecule has 0 aliphatic carbocycles. The van der Waals surface area contributed by atoms with Crippen molar-refractivity contribution in [3.8, 4) is 0 Å². The second-order valence-corrected chi connectivity index (χ2v) is 5.41. The highest BCUT2D eigenvalue weighted by Crippen LogP contribution is 2.18. The van der Waals surface area contributed by atoms with Crippen LogP contribution in [0.2, 0.25) is 0 Å². The van der Waals surface area contributed by atoms with E-state index in [0.717, 1.165) is 4.90 Å². The van der Waals surface area contributed by atoms with Crippen LogP contribution in [-0.2, 0) is 9.59 Å². The molecule has 8 nitrogen and oxygen atoms in total. The van der Waals surface area contributed by atoms with Crippen molar-refractivity contribution in [3.05, 3.63) is 45.5 Å². The number of likely N-dealkylation sites (N-methyl/N-ethyl adjacent to an activating group) is 1. The Morgan fingerprint density at radius 1 is 1.29 bits per heavy atom. The predicted molar refractivity (Wildman–Crippen MR) is 86.1 cm³/mol. The minimum atomic E-state index is -0.511. The van der Waals surface area contributed by atoms with Crippen LogP contribution in [0.5, 0.6) is 0 Å². The van der Waals surface area contributed by atoms with E-state index in [0.29, 0.717) is 11.1 Å². The number of urea groups is 1. The molecule has 0 unspecified atom stereocenters. The van der Waals surface area contributed by atoms with E-state index in [2.05, 4.69) is 0 Å².